The maximum Gasteiger partial charge on any atom is 0.328 e. The number of aliphatic carboxylic acids is 1. The predicted octanol–water partition coefficient (Wildman–Crippen LogP) is 2.87. The zero-order valence-corrected chi connectivity index (χ0v) is 12.3. The lowest BCUT2D eigenvalue weighted by atomic mass is 10.00. The normalized spacial score (nSPS) is 12.7. The molecule has 0 aliphatic heterocycles. The lowest BCUT2D eigenvalue weighted by Gasteiger charge is -2.18. The number of nitrogens with one attached hydrogen (secondary N) is 1. The number of carboxylic acid groups (broad SMARTS) is 1. The lowest BCUT2D eigenvalue weighted by molar-refractivity contribution is -0.131. The molecule has 1 amide bonds. The average Bonchev–Trinajstić information content (AvgIpc) is 2.36. The van der Waals surface area contributed by atoms with Crippen molar-refractivity contribution in [2.75, 3.05) is 0 Å². The summed E-state index contributed by atoms with van der Waals surface area (Å²) in [4.78, 5) is 22.8. The largest absolute Gasteiger partial charge is 0.478 e. The van der Waals surface area contributed by atoms with E-state index in [1.54, 1.807) is 18.2 Å². The van der Waals surface area contributed by atoms with Gasteiger partial charge in [-0.25, -0.2) is 4.79 Å². The van der Waals surface area contributed by atoms with Crippen molar-refractivity contribution in [3.63, 3.8) is 0 Å². The standard InChI is InChI=1S/C16H21NO3/c1-10(2)12(4)17-16(20)14-7-5-6-13(11(14)3)8-9-15(18)19/h5-10,12H,1-4H3,(H,17,20)(H,18,19). The first-order valence-electron chi connectivity index (χ1n) is 6.64. The van der Waals surface area contributed by atoms with Crippen LogP contribution in [0.3, 0.4) is 0 Å². The van der Waals surface area contributed by atoms with Crippen LogP contribution < -0.4 is 5.32 Å². The van der Waals surface area contributed by atoms with E-state index in [0.717, 1.165) is 17.2 Å². The molecule has 1 aromatic rings. The molecule has 0 fully saturated rings. The number of amides is 1. The predicted molar refractivity (Wildman–Crippen MR) is 79.6 cm³/mol. The van der Waals surface area contributed by atoms with Gasteiger partial charge < -0.3 is 10.4 Å². The molecule has 0 aliphatic carbocycles. The molecule has 1 aromatic carbocycles. The second-order valence-electron chi connectivity index (χ2n) is 5.20. The Hall–Kier alpha value is -2.10. The van der Waals surface area contributed by atoms with Crippen LogP contribution in [0.2, 0.25) is 0 Å². The van der Waals surface area contributed by atoms with E-state index in [1.165, 1.54) is 6.08 Å². The first kappa shape index (κ1) is 16.0. The number of carbonyl (C=O) groups is 2. The Labute approximate surface area is 119 Å². The van der Waals surface area contributed by atoms with Gasteiger partial charge in [-0.15, -0.1) is 0 Å². The van der Waals surface area contributed by atoms with Crippen LogP contribution in [0, 0.1) is 12.8 Å². The maximum absolute atomic E-state index is 12.2. The van der Waals surface area contributed by atoms with E-state index in [-0.39, 0.29) is 11.9 Å². The van der Waals surface area contributed by atoms with E-state index in [4.69, 9.17) is 5.11 Å². The summed E-state index contributed by atoms with van der Waals surface area (Å²) in [5.41, 5.74) is 2.08. The lowest BCUT2D eigenvalue weighted by Crippen LogP contribution is -2.36. The van der Waals surface area contributed by atoms with Gasteiger partial charge in [0.25, 0.3) is 5.91 Å². The van der Waals surface area contributed by atoms with E-state index < -0.39 is 5.97 Å². The minimum absolute atomic E-state index is 0.0834. The Kier molecular flexibility index (Phi) is 5.50. The third-order valence-electron chi connectivity index (χ3n) is 3.38. The summed E-state index contributed by atoms with van der Waals surface area (Å²) in [6, 6.07) is 5.37. The SMILES string of the molecule is Cc1c(C=CC(=O)O)cccc1C(=O)NC(C)C(C)C. The molecule has 20 heavy (non-hydrogen) atoms. The van der Waals surface area contributed by atoms with E-state index >= 15 is 0 Å². The van der Waals surface area contributed by atoms with Gasteiger partial charge in [-0.3, -0.25) is 4.79 Å². The van der Waals surface area contributed by atoms with E-state index in [2.05, 4.69) is 5.32 Å². The monoisotopic (exact) mass is 275 g/mol. The van der Waals surface area contributed by atoms with Crippen molar-refractivity contribution >= 4 is 18.0 Å². The van der Waals surface area contributed by atoms with Gasteiger partial charge in [0.05, 0.1) is 0 Å². The fourth-order valence-electron chi connectivity index (χ4n) is 1.69. The first-order chi connectivity index (χ1) is 9.32. The molecule has 0 saturated heterocycles. The summed E-state index contributed by atoms with van der Waals surface area (Å²) >= 11 is 0. The second-order valence-corrected chi connectivity index (χ2v) is 5.20. The highest BCUT2D eigenvalue weighted by Gasteiger charge is 2.15. The van der Waals surface area contributed by atoms with Crippen molar-refractivity contribution < 1.29 is 14.7 Å². The fourth-order valence-corrected chi connectivity index (χ4v) is 1.69. The van der Waals surface area contributed by atoms with Crippen LogP contribution in [0.1, 0.15) is 42.3 Å². The molecule has 1 unspecified atom stereocenters. The van der Waals surface area contributed by atoms with Gasteiger partial charge in [-0.1, -0.05) is 26.0 Å². The number of rotatable bonds is 5. The Morgan fingerprint density at radius 1 is 1.25 bits per heavy atom. The quantitative estimate of drug-likeness (QED) is 0.812. The van der Waals surface area contributed by atoms with Crippen LogP contribution in [0.4, 0.5) is 0 Å². The zero-order valence-electron chi connectivity index (χ0n) is 12.3. The molecule has 1 atom stereocenters. The molecule has 0 aromatic heterocycles. The molecule has 1 rings (SSSR count). The Bertz CT molecular complexity index is 533. The van der Waals surface area contributed by atoms with Crippen molar-refractivity contribution in [1.29, 1.82) is 0 Å². The summed E-state index contributed by atoms with van der Waals surface area (Å²) in [6.45, 7) is 7.87. The van der Waals surface area contributed by atoms with Crippen LogP contribution in [0.25, 0.3) is 6.08 Å². The molecule has 0 spiro atoms. The van der Waals surface area contributed by atoms with Gasteiger partial charge in [-0.05, 0) is 43.0 Å². The summed E-state index contributed by atoms with van der Waals surface area (Å²) in [5, 5.41) is 11.6. The molecule has 108 valence electrons. The highest BCUT2D eigenvalue weighted by Crippen LogP contribution is 2.16. The molecular formula is C16H21NO3. The highest BCUT2D eigenvalue weighted by molar-refractivity contribution is 5.97. The van der Waals surface area contributed by atoms with Crippen LogP contribution in [-0.2, 0) is 4.79 Å². The summed E-state index contributed by atoms with van der Waals surface area (Å²) in [5.74, 6) is -0.781. The van der Waals surface area contributed by atoms with Gasteiger partial charge in [-0.2, -0.15) is 0 Å². The number of hydrogen-bond donors (Lipinski definition) is 2. The molecule has 4 heteroatoms. The molecule has 0 radical (unpaired) electrons. The van der Waals surface area contributed by atoms with Crippen LogP contribution in [0.15, 0.2) is 24.3 Å². The fraction of sp³-hybridized carbons (Fsp3) is 0.375. The topological polar surface area (TPSA) is 66.4 Å². The number of carboxylic acids is 1. The third kappa shape index (κ3) is 4.23. The summed E-state index contributed by atoms with van der Waals surface area (Å²) in [7, 11) is 0. The van der Waals surface area contributed by atoms with Crippen molar-refractivity contribution in [3.05, 3.63) is 41.0 Å². The minimum atomic E-state index is -1.01. The van der Waals surface area contributed by atoms with Gasteiger partial charge in [0.2, 0.25) is 0 Å². The van der Waals surface area contributed by atoms with Gasteiger partial charge in [0.15, 0.2) is 0 Å². The smallest absolute Gasteiger partial charge is 0.328 e. The summed E-state index contributed by atoms with van der Waals surface area (Å²) < 4.78 is 0. The molecule has 0 saturated carbocycles. The van der Waals surface area contributed by atoms with Crippen molar-refractivity contribution in [2.24, 2.45) is 5.92 Å². The number of benzene rings is 1. The van der Waals surface area contributed by atoms with Crippen molar-refractivity contribution in [2.45, 2.75) is 33.7 Å². The Morgan fingerprint density at radius 3 is 2.45 bits per heavy atom. The Balaban J connectivity index is 2.99. The molecule has 0 heterocycles. The molecular weight excluding hydrogens is 254 g/mol. The van der Waals surface area contributed by atoms with E-state index in [9.17, 15) is 9.59 Å². The summed E-state index contributed by atoms with van der Waals surface area (Å²) in [6.07, 6.45) is 2.57. The number of carbonyl (C=O) groups excluding carboxylic acids is 1. The number of hydrogen-bond acceptors (Lipinski definition) is 2. The van der Waals surface area contributed by atoms with Crippen molar-refractivity contribution in [1.82, 2.24) is 5.32 Å². The highest BCUT2D eigenvalue weighted by atomic mass is 16.4. The minimum Gasteiger partial charge on any atom is -0.478 e. The third-order valence-corrected chi connectivity index (χ3v) is 3.38. The molecule has 0 aliphatic rings. The maximum atomic E-state index is 12.2. The molecule has 0 bridgehead atoms. The van der Waals surface area contributed by atoms with Crippen molar-refractivity contribution in [3.8, 4) is 0 Å². The van der Waals surface area contributed by atoms with E-state index in [1.807, 2.05) is 27.7 Å². The van der Waals surface area contributed by atoms with Crippen LogP contribution >= 0.6 is 0 Å². The first-order valence-corrected chi connectivity index (χ1v) is 6.64. The second kappa shape index (κ2) is 6.89. The average molecular weight is 275 g/mol. The van der Waals surface area contributed by atoms with Gasteiger partial charge >= 0.3 is 5.97 Å². The van der Waals surface area contributed by atoms with E-state index in [0.29, 0.717) is 11.5 Å². The molecule has 4 nitrogen and oxygen atoms in total. The molecule has 2 N–H and O–H groups in total. The van der Waals surface area contributed by atoms with Gasteiger partial charge in [0, 0.05) is 17.7 Å². The van der Waals surface area contributed by atoms with Crippen LogP contribution in [0.5, 0.6) is 0 Å². The zero-order chi connectivity index (χ0) is 15.3. The van der Waals surface area contributed by atoms with Gasteiger partial charge in [0.1, 0.15) is 0 Å². The van der Waals surface area contributed by atoms with Crippen LogP contribution in [-0.4, -0.2) is 23.0 Å². The Morgan fingerprint density at radius 2 is 1.90 bits per heavy atom.